The van der Waals surface area contributed by atoms with Crippen molar-refractivity contribution < 1.29 is 14.7 Å². The van der Waals surface area contributed by atoms with E-state index >= 15 is 0 Å². The number of hydrogen-bond acceptors (Lipinski definition) is 4. The minimum Gasteiger partial charge on any atom is -0.480 e. The van der Waals surface area contributed by atoms with E-state index in [-0.39, 0.29) is 5.91 Å². The zero-order valence-corrected chi connectivity index (χ0v) is 12.7. The quantitative estimate of drug-likeness (QED) is 0.681. The SMILES string of the molecule is CC[C@H](C(=O)O)N1C(=O)/C(=C/c2cccn2C)SC1=S. The smallest absolute Gasteiger partial charge is 0.326 e. The van der Waals surface area contributed by atoms with Gasteiger partial charge in [-0.1, -0.05) is 30.9 Å². The number of carboxylic acids is 1. The molecular weight excluding hydrogens is 296 g/mol. The minimum absolute atomic E-state index is 0.296. The van der Waals surface area contributed by atoms with Crippen molar-refractivity contribution in [1.82, 2.24) is 9.47 Å². The van der Waals surface area contributed by atoms with Crippen LogP contribution >= 0.6 is 24.0 Å². The van der Waals surface area contributed by atoms with Crippen molar-refractivity contribution in [2.45, 2.75) is 19.4 Å². The van der Waals surface area contributed by atoms with Gasteiger partial charge in [0.25, 0.3) is 5.91 Å². The Morgan fingerprint density at radius 3 is 2.80 bits per heavy atom. The highest BCUT2D eigenvalue weighted by atomic mass is 32.2. The molecule has 1 atom stereocenters. The molecule has 1 N–H and O–H groups in total. The molecule has 0 unspecified atom stereocenters. The van der Waals surface area contributed by atoms with Crippen molar-refractivity contribution in [3.63, 3.8) is 0 Å². The summed E-state index contributed by atoms with van der Waals surface area (Å²) >= 11 is 6.28. The highest BCUT2D eigenvalue weighted by molar-refractivity contribution is 8.26. The maximum atomic E-state index is 12.3. The number of aromatic nitrogens is 1. The maximum Gasteiger partial charge on any atom is 0.326 e. The van der Waals surface area contributed by atoms with E-state index in [2.05, 4.69) is 0 Å². The summed E-state index contributed by atoms with van der Waals surface area (Å²) in [5, 5.41) is 9.17. The van der Waals surface area contributed by atoms with E-state index in [0.717, 1.165) is 17.5 Å². The van der Waals surface area contributed by atoms with Gasteiger partial charge in [0.05, 0.1) is 4.91 Å². The Kier molecular flexibility index (Phi) is 4.29. The molecule has 0 saturated carbocycles. The van der Waals surface area contributed by atoms with E-state index in [1.807, 2.05) is 29.9 Å². The van der Waals surface area contributed by atoms with Gasteiger partial charge < -0.3 is 9.67 Å². The Morgan fingerprint density at radius 1 is 1.60 bits per heavy atom. The van der Waals surface area contributed by atoms with Crippen LogP contribution in [0.5, 0.6) is 0 Å². The second kappa shape index (κ2) is 5.80. The van der Waals surface area contributed by atoms with E-state index in [1.165, 1.54) is 4.90 Å². The summed E-state index contributed by atoms with van der Waals surface area (Å²) in [6.07, 6.45) is 3.92. The molecule has 0 spiro atoms. The second-order valence-corrected chi connectivity index (χ2v) is 6.03. The third kappa shape index (κ3) is 2.64. The van der Waals surface area contributed by atoms with Gasteiger partial charge in [0.15, 0.2) is 0 Å². The fourth-order valence-corrected chi connectivity index (χ4v) is 3.32. The highest BCUT2D eigenvalue weighted by Gasteiger charge is 2.39. The first-order valence-corrected chi connectivity index (χ1v) is 7.29. The average molecular weight is 310 g/mol. The Morgan fingerprint density at radius 2 is 2.30 bits per heavy atom. The first-order chi connectivity index (χ1) is 9.45. The predicted octanol–water partition coefficient (Wildman–Crippen LogP) is 2.09. The van der Waals surface area contributed by atoms with Gasteiger partial charge in [0.1, 0.15) is 10.4 Å². The standard InChI is InChI=1S/C13H14N2O3S2/c1-3-9(12(17)18)15-11(16)10(20-13(15)19)7-8-5-4-6-14(8)2/h4-7,9H,3H2,1-2H3,(H,17,18)/b10-7-/t9-/m1/s1. The van der Waals surface area contributed by atoms with E-state index in [9.17, 15) is 9.59 Å². The number of rotatable bonds is 4. The maximum absolute atomic E-state index is 12.3. The zero-order chi connectivity index (χ0) is 14.9. The monoisotopic (exact) mass is 310 g/mol. The lowest BCUT2D eigenvalue weighted by Crippen LogP contribution is -2.43. The Hall–Kier alpha value is -1.60. The lowest BCUT2D eigenvalue weighted by atomic mass is 10.2. The number of thioether (sulfide) groups is 1. The van der Waals surface area contributed by atoms with E-state index < -0.39 is 12.0 Å². The van der Waals surface area contributed by atoms with E-state index in [0.29, 0.717) is 15.6 Å². The minimum atomic E-state index is -1.04. The number of carbonyl (C=O) groups is 2. The Balaban J connectivity index is 2.32. The predicted molar refractivity (Wildman–Crippen MR) is 82.1 cm³/mol. The van der Waals surface area contributed by atoms with Gasteiger partial charge in [-0.2, -0.15) is 0 Å². The molecule has 0 bridgehead atoms. The molecule has 2 heterocycles. The lowest BCUT2D eigenvalue weighted by molar-refractivity contribution is -0.145. The second-order valence-electron chi connectivity index (χ2n) is 4.36. The highest BCUT2D eigenvalue weighted by Crippen LogP contribution is 2.34. The number of thiocarbonyl (C=S) groups is 1. The van der Waals surface area contributed by atoms with Crippen LogP contribution in [0.2, 0.25) is 0 Å². The molecule has 1 aromatic rings. The zero-order valence-electron chi connectivity index (χ0n) is 11.1. The number of hydrogen-bond donors (Lipinski definition) is 1. The number of aliphatic carboxylic acids is 1. The number of carboxylic acid groups (broad SMARTS) is 1. The van der Waals surface area contributed by atoms with Crippen molar-refractivity contribution in [1.29, 1.82) is 0 Å². The summed E-state index contributed by atoms with van der Waals surface area (Å²) in [4.78, 5) is 25.2. The number of nitrogens with zero attached hydrogens (tertiary/aromatic N) is 2. The first-order valence-electron chi connectivity index (χ1n) is 6.07. The summed E-state index contributed by atoms with van der Waals surface area (Å²) in [5.41, 5.74) is 0.869. The number of carbonyl (C=O) groups excluding carboxylic acids is 1. The summed E-state index contributed by atoms with van der Waals surface area (Å²) in [6, 6.07) is 2.85. The molecule has 2 rings (SSSR count). The van der Waals surface area contributed by atoms with Crippen molar-refractivity contribution >= 4 is 46.3 Å². The van der Waals surface area contributed by atoms with Crippen molar-refractivity contribution in [3.8, 4) is 0 Å². The molecular formula is C13H14N2O3S2. The number of amides is 1. The summed E-state index contributed by atoms with van der Waals surface area (Å²) in [7, 11) is 1.87. The van der Waals surface area contributed by atoms with Gasteiger partial charge in [-0.05, 0) is 24.6 Å². The van der Waals surface area contributed by atoms with Gasteiger partial charge in [-0.15, -0.1) is 0 Å². The van der Waals surface area contributed by atoms with Crippen molar-refractivity contribution in [3.05, 3.63) is 28.9 Å². The van der Waals surface area contributed by atoms with Crippen LogP contribution in [-0.4, -0.2) is 36.8 Å². The lowest BCUT2D eigenvalue weighted by Gasteiger charge is -2.21. The van der Waals surface area contributed by atoms with E-state index in [4.69, 9.17) is 17.3 Å². The Labute approximate surface area is 126 Å². The van der Waals surface area contributed by atoms with Crippen LogP contribution in [-0.2, 0) is 16.6 Å². The van der Waals surface area contributed by atoms with Gasteiger partial charge in [-0.25, -0.2) is 4.79 Å². The molecule has 0 radical (unpaired) electrons. The molecule has 1 saturated heterocycles. The van der Waals surface area contributed by atoms with Gasteiger partial charge in [-0.3, -0.25) is 9.69 Å². The molecule has 0 aliphatic carbocycles. The van der Waals surface area contributed by atoms with E-state index in [1.54, 1.807) is 13.0 Å². The molecule has 0 aromatic carbocycles. The van der Waals surface area contributed by atoms with Crippen molar-refractivity contribution in [2.75, 3.05) is 0 Å². The fraction of sp³-hybridized carbons (Fsp3) is 0.308. The average Bonchev–Trinajstić information content (AvgIpc) is 2.89. The van der Waals surface area contributed by atoms with Crippen LogP contribution < -0.4 is 0 Å². The van der Waals surface area contributed by atoms with Crippen LogP contribution in [0.15, 0.2) is 23.2 Å². The molecule has 106 valence electrons. The molecule has 5 nitrogen and oxygen atoms in total. The first kappa shape index (κ1) is 14.8. The fourth-order valence-electron chi connectivity index (χ4n) is 1.97. The summed E-state index contributed by atoms with van der Waals surface area (Å²) in [5.74, 6) is -1.38. The Bertz CT molecular complexity index is 607. The summed E-state index contributed by atoms with van der Waals surface area (Å²) in [6.45, 7) is 1.72. The van der Waals surface area contributed by atoms with Crippen LogP contribution in [0, 0.1) is 0 Å². The molecule has 1 fully saturated rings. The molecule has 1 amide bonds. The largest absolute Gasteiger partial charge is 0.480 e. The third-order valence-electron chi connectivity index (χ3n) is 3.07. The molecule has 20 heavy (non-hydrogen) atoms. The molecule has 1 aromatic heterocycles. The van der Waals surface area contributed by atoms with Gasteiger partial charge in [0.2, 0.25) is 0 Å². The van der Waals surface area contributed by atoms with Crippen LogP contribution in [0.25, 0.3) is 6.08 Å². The molecule has 1 aliphatic rings. The van der Waals surface area contributed by atoms with Gasteiger partial charge >= 0.3 is 5.97 Å². The molecule has 7 heteroatoms. The van der Waals surface area contributed by atoms with Crippen LogP contribution in [0.4, 0.5) is 0 Å². The van der Waals surface area contributed by atoms with Crippen molar-refractivity contribution in [2.24, 2.45) is 7.05 Å². The van der Waals surface area contributed by atoms with Gasteiger partial charge in [0, 0.05) is 18.9 Å². The van der Waals surface area contributed by atoms with Crippen LogP contribution in [0.1, 0.15) is 19.0 Å². The normalized spacial score (nSPS) is 18.9. The summed E-state index contributed by atoms with van der Waals surface area (Å²) < 4.78 is 2.17. The molecule has 1 aliphatic heterocycles. The topological polar surface area (TPSA) is 62.5 Å². The number of aryl methyl sites for hydroxylation is 1. The van der Waals surface area contributed by atoms with Crippen LogP contribution in [0.3, 0.4) is 0 Å². The third-order valence-corrected chi connectivity index (χ3v) is 4.40.